The second-order valence-electron chi connectivity index (χ2n) is 12.5. The van der Waals surface area contributed by atoms with Crippen LogP contribution < -0.4 is 0 Å². The molecule has 0 bridgehead atoms. The molecule has 0 fully saturated rings. The Labute approximate surface area is 275 Å². The summed E-state index contributed by atoms with van der Waals surface area (Å²) in [6, 6.07) is 53.6. The van der Waals surface area contributed by atoms with Gasteiger partial charge in [-0.3, -0.25) is 0 Å². The predicted molar refractivity (Wildman–Crippen MR) is 196 cm³/mol. The maximum Gasteiger partial charge on any atom is 0.180 e. The first kappa shape index (κ1) is 25.6. The topological polar surface area (TPSA) is 43.9 Å². The van der Waals surface area contributed by atoms with E-state index >= 15 is 0 Å². The first-order valence-corrected chi connectivity index (χ1v) is 16.3. The van der Waals surface area contributed by atoms with Gasteiger partial charge in [0, 0.05) is 32.7 Å². The van der Waals surface area contributed by atoms with Crippen molar-refractivity contribution in [3.63, 3.8) is 0 Å². The van der Waals surface area contributed by atoms with Gasteiger partial charge in [0.05, 0.1) is 16.7 Å². The summed E-state index contributed by atoms with van der Waals surface area (Å²) in [5.74, 6) is 0.678. The van der Waals surface area contributed by atoms with Crippen LogP contribution in [0.3, 0.4) is 0 Å². The second kappa shape index (κ2) is 9.50. The Kier molecular flexibility index (Phi) is 5.08. The first-order valence-electron chi connectivity index (χ1n) is 16.3. The quantitative estimate of drug-likeness (QED) is 0.200. The molecular formula is C44H25N3O. The minimum absolute atomic E-state index is 0.678. The van der Waals surface area contributed by atoms with Crippen LogP contribution in [-0.4, -0.2) is 14.5 Å². The molecule has 1 aliphatic carbocycles. The van der Waals surface area contributed by atoms with Crippen LogP contribution in [0, 0.1) is 0 Å². The van der Waals surface area contributed by atoms with Crippen molar-refractivity contribution in [3.05, 3.63) is 152 Å². The average molecular weight is 612 g/mol. The maximum absolute atomic E-state index is 6.71. The summed E-state index contributed by atoms with van der Waals surface area (Å²) in [5.41, 5.74) is 13.7. The third-order valence-corrected chi connectivity index (χ3v) is 9.95. The zero-order valence-corrected chi connectivity index (χ0v) is 25.7. The number of nitrogens with zero attached hydrogens (tertiary/aromatic N) is 3. The Hall–Kier alpha value is -6.52. The highest BCUT2D eigenvalue weighted by atomic mass is 16.3. The molecule has 0 spiro atoms. The van der Waals surface area contributed by atoms with Crippen LogP contribution in [0.1, 0.15) is 0 Å². The van der Waals surface area contributed by atoms with Gasteiger partial charge in [-0.25, -0.2) is 9.97 Å². The number of para-hydroxylation sites is 1. The Morgan fingerprint density at radius 3 is 1.94 bits per heavy atom. The van der Waals surface area contributed by atoms with Gasteiger partial charge in [0.15, 0.2) is 11.4 Å². The third-order valence-electron chi connectivity index (χ3n) is 9.95. The molecule has 10 aromatic rings. The highest BCUT2D eigenvalue weighted by Gasteiger charge is 2.25. The summed E-state index contributed by atoms with van der Waals surface area (Å²) in [4.78, 5) is 10.2. The first-order chi connectivity index (χ1) is 23.8. The third kappa shape index (κ3) is 3.43. The average Bonchev–Trinajstić information content (AvgIpc) is 3.80. The molecule has 3 aromatic heterocycles. The molecule has 4 nitrogen and oxygen atoms in total. The normalized spacial score (nSPS) is 12.2. The lowest BCUT2D eigenvalue weighted by Crippen LogP contribution is -1.96. The van der Waals surface area contributed by atoms with E-state index in [1.54, 1.807) is 0 Å². The predicted octanol–water partition coefficient (Wildman–Crippen LogP) is 11.6. The molecule has 222 valence electrons. The zero-order chi connectivity index (χ0) is 31.3. The minimum Gasteiger partial charge on any atom is -0.452 e. The molecule has 0 saturated carbocycles. The lowest BCUT2D eigenvalue weighted by molar-refractivity contribution is 0.668. The number of furan rings is 1. The molecule has 4 heteroatoms. The van der Waals surface area contributed by atoms with Crippen molar-refractivity contribution in [1.29, 1.82) is 0 Å². The van der Waals surface area contributed by atoms with E-state index in [4.69, 9.17) is 14.4 Å². The molecule has 1 aliphatic rings. The van der Waals surface area contributed by atoms with E-state index < -0.39 is 0 Å². The van der Waals surface area contributed by atoms with E-state index in [1.807, 2.05) is 36.4 Å². The molecule has 0 N–H and O–H groups in total. The molecule has 0 aliphatic heterocycles. The van der Waals surface area contributed by atoms with Crippen LogP contribution in [0.4, 0.5) is 0 Å². The van der Waals surface area contributed by atoms with E-state index in [9.17, 15) is 0 Å². The summed E-state index contributed by atoms with van der Waals surface area (Å²) in [7, 11) is 0. The number of hydrogen-bond acceptors (Lipinski definition) is 3. The second-order valence-corrected chi connectivity index (χ2v) is 12.5. The Morgan fingerprint density at radius 1 is 0.458 bits per heavy atom. The minimum atomic E-state index is 0.678. The van der Waals surface area contributed by atoms with E-state index in [-0.39, 0.29) is 0 Å². The molecule has 48 heavy (non-hydrogen) atoms. The maximum atomic E-state index is 6.71. The summed E-state index contributed by atoms with van der Waals surface area (Å²) in [5, 5.41) is 5.84. The molecule has 11 rings (SSSR count). The summed E-state index contributed by atoms with van der Waals surface area (Å²) < 4.78 is 9.14. The van der Waals surface area contributed by atoms with Crippen molar-refractivity contribution >= 4 is 54.6 Å². The van der Waals surface area contributed by atoms with Gasteiger partial charge in [-0.2, -0.15) is 0 Å². The number of fused-ring (bicyclic) bond motifs is 9. The van der Waals surface area contributed by atoms with Crippen molar-refractivity contribution < 1.29 is 4.42 Å². The van der Waals surface area contributed by atoms with Crippen molar-refractivity contribution in [1.82, 2.24) is 14.5 Å². The lowest BCUT2D eigenvalue weighted by atomic mass is 10.0. The lowest BCUT2D eigenvalue weighted by Gasteiger charge is -2.13. The van der Waals surface area contributed by atoms with Gasteiger partial charge in [0.2, 0.25) is 0 Å². The van der Waals surface area contributed by atoms with Crippen LogP contribution in [0.25, 0.3) is 105 Å². The zero-order valence-electron chi connectivity index (χ0n) is 25.7. The molecule has 0 saturated heterocycles. The smallest absolute Gasteiger partial charge is 0.180 e. The number of hydrogen-bond donors (Lipinski definition) is 0. The van der Waals surface area contributed by atoms with Crippen molar-refractivity contribution in [2.24, 2.45) is 0 Å². The van der Waals surface area contributed by atoms with Gasteiger partial charge in [0.1, 0.15) is 16.8 Å². The summed E-state index contributed by atoms with van der Waals surface area (Å²) in [6.45, 7) is 0. The van der Waals surface area contributed by atoms with Gasteiger partial charge < -0.3 is 8.98 Å². The fourth-order valence-electron chi connectivity index (χ4n) is 7.86. The van der Waals surface area contributed by atoms with E-state index in [1.165, 1.54) is 38.4 Å². The molecule has 0 radical (unpaired) electrons. The van der Waals surface area contributed by atoms with Crippen LogP contribution in [0.15, 0.2) is 156 Å². The number of benzene rings is 7. The number of aromatic nitrogens is 3. The van der Waals surface area contributed by atoms with Gasteiger partial charge in [-0.15, -0.1) is 0 Å². The van der Waals surface area contributed by atoms with Crippen LogP contribution in [0.2, 0.25) is 0 Å². The Bertz CT molecular complexity index is 2910. The molecule has 0 amide bonds. The molecular weight excluding hydrogens is 587 g/mol. The van der Waals surface area contributed by atoms with E-state index in [0.717, 1.165) is 55.4 Å². The van der Waals surface area contributed by atoms with Gasteiger partial charge >= 0.3 is 0 Å². The van der Waals surface area contributed by atoms with Gasteiger partial charge in [0.25, 0.3) is 0 Å². The van der Waals surface area contributed by atoms with Crippen LogP contribution in [-0.2, 0) is 0 Å². The van der Waals surface area contributed by atoms with Gasteiger partial charge in [-0.1, -0.05) is 127 Å². The monoisotopic (exact) mass is 611 g/mol. The Balaban J connectivity index is 1.25. The Morgan fingerprint density at radius 2 is 1.12 bits per heavy atom. The highest BCUT2D eigenvalue weighted by Crippen LogP contribution is 2.49. The fourth-order valence-corrected chi connectivity index (χ4v) is 7.86. The van der Waals surface area contributed by atoms with Crippen LogP contribution >= 0.6 is 0 Å². The summed E-state index contributed by atoms with van der Waals surface area (Å²) in [6.07, 6.45) is 0. The fraction of sp³-hybridized carbons (Fsp3) is 0. The van der Waals surface area contributed by atoms with Crippen molar-refractivity contribution in [2.45, 2.75) is 0 Å². The number of rotatable bonds is 3. The molecule has 0 atom stereocenters. The molecule has 3 heterocycles. The van der Waals surface area contributed by atoms with E-state index in [2.05, 4.69) is 120 Å². The largest absolute Gasteiger partial charge is 0.452 e. The molecule has 0 unspecified atom stereocenters. The highest BCUT2D eigenvalue weighted by molar-refractivity contribution is 6.20. The SMILES string of the molecule is c1ccc(-c2nc(-c3ccccc3)c3oc4cc5c6ccccc6n(-c6ccc7c8c(cccc68)-c6ccccc6-7)c5cc4c3n2)cc1. The summed E-state index contributed by atoms with van der Waals surface area (Å²) >= 11 is 0. The van der Waals surface area contributed by atoms with E-state index in [0.29, 0.717) is 11.4 Å². The standard InChI is InChI=1S/C44H25N3O/c1-3-12-26(13-4-1)41-43-42(46-44(45-41)27-14-5-2-6-15-27)35-24-38-34(25-39(35)48-43)30-18-9-10-21-36(30)47(38)37-23-22-32-29-17-8-7-16-28(29)31-19-11-20-33(37)40(31)32/h1-25H. The van der Waals surface area contributed by atoms with Gasteiger partial charge in [-0.05, 0) is 51.9 Å². The van der Waals surface area contributed by atoms with Crippen molar-refractivity contribution in [3.8, 4) is 50.6 Å². The van der Waals surface area contributed by atoms with Crippen LogP contribution in [0.5, 0.6) is 0 Å². The molecule has 7 aromatic carbocycles. The van der Waals surface area contributed by atoms with Crippen molar-refractivity contribution in [2.75, 3.05) is 0 Å².